The van der Waals surface area contributed by atoms with Gasteiger partial charge in [0.05, 0.1) is 12.4 Å². The van der Waals surface area contributed by atoms with E-state index in [1.807, 2.05) is 0 Å². The number of anilines is 1. The first-order chi connectivity index (χ1) is 15.6. The lowest BCUT2D eigenvalue weighted by Gasteiger charge is -2.29. The fraction of sp³-hybridized carbons (Fsp3) is 0.368. The summed E-state index contributed by atoms with van der Waals surface area (Å²) < 4.78 is 84.0. The molecule has 1 aromatic heterocycles. The van der Waals surface area contributed by atoms with Gasteiger partial charge in [0.1, 0.15) is 18.1 Å². The van der Waals surface area contributed by atoms with Crippen molar-refractivity contribution in [1.82, 2.24) is 9.97 Å². The van der Waals surface area contributed by atoms with Gasteiger partial charge in [0.15, 0.2) is 6.17 Å². The lowest BCUT2D eigenvalue weighted by Crippen LogP contribution is -2.45. The first-order valence-corrected chi connectivity index (χ1v) is 9.14. The van der Waals surface area contributed by atoms with Crippen LogP contribution in [-0.4, -0.2) is 61.5 Å². The number of amides is 1. The molecule has 2 aromatic rings. The molecule has 1 aromatic carbocycles. The van der Waals surface area contributed by atoms with E-state index in [0.717, 1.165) is 44.8 Å². The van der Waals surface area contributed by atoms with Gasteiger partial charge in [-0.1, -0.05) is 0 Å². The SMILES string of the molecule is CN=C(N)O[C@@H]([C@H](F)c1cc(NC(=O)c2cnc(OCF)cn2)ccc1F)C(F)(F)COC. The van der Waals surface area contributed by atoms with Crippen LogP contribution < -0.4 is 15.8 Å². The number of hydrogen-bond donors (Lipinski definition) is 2. The maximum Gasteiger partial charge on any atom is 0.310 e. The number of carbonyl (C=O) groups excluding carboxylic acids is 1. The molecule has 3 N–H and O–H groups in total. The summed E-state index contributed by atoms with van der Waals surface area (Å²) >= 11 is 0. The molecule has 0 aliphatic rings. The molecular formula is C19H20F5N5O4. The van der Waals surface area contributed by atoms with E-state index in [1.165, 1.54) is 0 Å². The van der Waals surface area contributed by atoms with Crippen LogP contribution in [0.25, 0.3) is 0 Å². The van der Waals surface area contributed by atoms with Crippen LogP contribution in [0.2, 0.25) is 0 Å². The number of aliphatic imine (C=N–C) groups is 1. The van der Waals surface area contributed by atoms with Crippen molar-refractivity contribution in [2.45, 2.75) is 18.2 Å². The number of amidine groups is 1. The van der Waals surface area contributed by atoms with Crippen LogP contribution in [0.1, 0.15) is 22.2 Å². The number of benzene rings is 1. The zero-order valence-electron chi connectivity index (χ0n) is 17.4. The number of nitrogens with one attached hydrogen (secondary N) is 1. The van der Waals surface area contributed by atoms with E-state index >= 15 is 4.39 Å². The second kappa shape index (κ2) is 11.4. The first kappa shape index (κ1) is 25.7. The van der Waals surface area contributed by atoms with Crippen molar-refractivity contribution < 1.29 is 41.0 Å². The lowest BCUT2D eigenvalue weighted by atomic mass is 9.99. The fourth-order valence-corrected chi connectivity index (χ4v) is 2.57. The van der Waals surface area contributed by atoms with Gasteiger partial charge in [0, 0.05) is 25.4 Å². The van der Waals surface area contributed by atoms with Crippen LogP contribution in [0.3, 0.4) is 0 Å². The molecule has 0 bridgehead atoms. The summed E-state index contributed by atoms with van der Waals surface area (Å²) in [4.78, 5) is 23.0. The van der Waals surface area contributed by atoms with Gasteiger partial charge in [0.2, 0.25) is 18.8 Å². The molecule has 14 heteroatoms. The second-order valence-corrected chi connectivity index (χ2v) is 6.38. The number of rotatable bonds is 10. The zero-order chi connectivity index (χ0) is 24.6. The molecule has 33 heavy (non-hydrogen) atoms. The van der Waals surface area contributed by atoms with Gasteiger partial charge in [-0.25, -0.2) is 28.1 Å². The number of methoxy groups -OCH3 is 1. The summed E-state index contributed by atoms with van der Waals surface area (Å²) in [6, 6.07) is 1.90. The Balaban J connectivity index is 2.30. The van der Waals surface area contributed by atoms with Crippen molar-refractivity contribution in [3.05, 3.63) is 47.7 Å². The Kier molecular flexibility index (Phi) is 8.85. The molecule has 1 amide bonds. The Morgan fingerprint density at radius 3 is 2.61 bits per heavy atom. The number of carbonyl (C=O) groups is 1. The molecular weight excluding hydrogens is 457 g/mol. The highest BCUT2D eigenvalue weighted by molar-refractivity contribution is 6.02. The number of hydrogen-bond acceptors (Lipinski definition) is 7. The summed E-state index contributed by atoms with van der Waals surface area (Å²) in [5.74, 6) is -6.12. The zero-order valence-corrected chi connectivity index (χ0v) is 17.4. The summed E-state index contributed by atoms with van der Waals surface area (Å²) in [5.41, 5.74) is 4.09. The van der Waals surface area contributed by atoms with E-state index in [-0.39, 0.29) is 17.3 Å². The Morgan fingerprint density at radius 1 is 1.30 bits per heavy atom. The van der Waals surface area contributed by atoms with Crippen LogP contribution in [0, 0.1) is 5.82 Å². The van der Waals surface area contributed by atoms with E-state index in [0.29, 0.717) is 0 Å². The van der Waals surface area contributed by atoms with E-state index < -0.39 is 55.0 Å². The van der Waals surface area contributed by atoms with Gasteiger partial charge in [0.25, 0.3) is 11.9 Å². The quantitative estimate of drug-likeness (QED) is 0.307. The Morgan fingerprint density at radius 2 is 2.03 bits per heavy atom. The smallest absolute Gasteiger partial charge is 0.310 e. The third-order valence-electron chi connectivity index (χ3n) is 4.10. The molecule has 2 atom stereocenters. The summed E-state index contributed by atoms with van der Waals surface area (Å²) in [6.45, 7) is -2.39. The van der Waals surface area contributed by atoms with Crippen LogP contribution in [0.4, 0.5) is 27.6 Å². The maximum absolute atomic E-state index is 15.1. The molecule has 0 aliphatic heterocycles. The largest absolute Gasteiger partial charge is 0.452 e. The van der Waals surface area contributed by atoms with Crippen LogP contribution in [0.15, 0.2) is 35.6 Å². The molecule has 0 saturated carbocycles. The number of halogens is 5. The van der Waals surface area contributed by atoms with Crippen LogP contribution in [0.5, 0.6) is 5.88 Å². The molecule has 180 valence electrons. The van der Waals surface area contributed by atoms with Gasteiger partial charge in [-0.3, -0.25) is 4.79 Å². The van der Waals surface area contributed by atoms with Gasteiger partial charge in [-0.05, 0) is 18.2 Å². The molecule has 2 rings (SSSR count). The van der Waals surface area contributed by atoms with Crippen molar-refractivity contribution >= 4 is 17.6 Å². The topological polar surface area (TPSA) is 121 Å². The minimum absolute atomic E-state index is 0.143. The van der Waals surface area contributed by atoms with Gasteiger partial charge >= 0.3 is 5.92 Å². The van der Waals surface area contributed by atoms with Crippen molar-refractivity contribution in [2.75, 3.05) is 32.9 Å². The first-order valence-electron chi connectivity index (χ1n) is 9.14. The number of nitrogens with two attached hydrogens (primary N) is 1. The molecule has 0 aliphatic carbocycles. The minimum atomic E-state index is -3.92. The normalized spacial score (nSPS) is 13.8. The van der Waals surface area contributed by atoms with Crippen molar-refractivity contribution in [1.29, 1.82) is 0 Å². The summed E-state index contributed by atoms with van der Waals surface area (Å²) in [5, 5.41) is 2.30. The fourth-order valence-electron chi connectivity index (χ4n) is 2.57. The molecule has 1 heterocycles. The van der Waals surface area contributed by atoms with Crippen LogP contribution >= 0.6 is 0 Å². The standard InChI is InChI=1S/C19H20F5N5O4/c1-26-18(25)33-16(19(23,24)8-31-2)15(22)11-5-10(3-4-12(11)21)29-17(30)13-6-28-14(7-27-13)32-9-20/h3-7,15-16H,8-9H2,1-2H3,(H2,25,26)(H,29,30)/t15-,16+/m1/s1. The Labute approximate surface area is 184 Å². The number of alkyl halides is 4. The molecule has 0 radical (unpaired) electrons. The van der Waals surface area contributed by atoms with Crippen molar-refractivity contribution in [2.24, 2.45) is 10.7 Å². The number of ether oxygens (including phenoxy) is 3. The highest BCUT2D eigenvalue weighted by atomic mass is 19.3. The van der Waals surface area contributed by atoms with E-state index in [4.69, 9.17) is 10.5 Å². The average Bonchev–Trinajstić information content (AvgIpc) is 2.78. The summed E-state index contributed by atoms with van der Waals surface area (Å²) in [6.07, 6.45) is -3.35. The molecule has 0 unspecified atom stereocenters. The Hall–Kier alpha value is -3.55. The van der Waals surface area contributed by atoms with E-state index in [1.54, 1.807) is 0 Å². The minimum Gasteiger partial charge on any atom is -0.452 e. The lowest BCUT2D eigenvalue weighted by molar-refractivity contribution is -0.160. The highest BCUT2D eigenvalue weighted by Gasteiger charge is 2.49. The van der Waals surface area contributed by atoms with Crippen molar-refractivity contribution in [3.63, 3.8) is 0 Å². The van der Waals surface area contributed by atoms with Gasteiger partial charge < -0.3 is 25.3 Å². The predicted octanol–water partition coefficient (Wildman–Crippen LogP) is 2.80. The van der Waals surface area contributed by atoms with Crippen molar-refractivity contribution in [3.8, 4) is 5.88 Å². The molecule has 0 spiro atoms. The number of nitrogens with zero attached hydrogens (tertiary/aromatic N) is 3. The van der Waals surface area contributed by atoms with Crippen LogP contribution in [-0.2, 0) is 9.47 Å². The third-order valence-corrected chi connectivity index (χ3v) is 4.10. The predicted molar refractivity (Wildman–Crippen MR) is 106 cm³/mol. The second-order valence-electron chi connectivity index (χ2n) is 6.38. The average molecular weight is 477 g/mol. The highest BCUT2D eigenvalue weighted by Crippen LogP contribution is 2.36. The summed E-state index contributed by atoms with van der Waals surface area (Å²) in [7, 11) is 2.09. The van der Waals surface area contributed by atoms with Gasteiger partial charge in [-0.15, -0.1) is 0 Å². The number of aromatic nitrogens is 2. The third kappa shape index (κ3) is 6.71. The monoisotopic (exact) mass is 477 g/mol. The molecule has 0 saturated heterocycles. The maximum atomic E-state index is 15.1. The molecule has 9 nitrogen and oxygen atoms in total. The molecule has 0 fully saturated rings. The van der Waals surface area contributed by atoms with E-state index in [9.17, 15) is 22.4 Å². The van der Waals surface area contributed by atoms with Gasteiger partial charge in [-0.2, -0.15) is 8.78 Å². The van der Waals surface area contributed by atoms with E-state index in [2.05, 4.69) is 29.8 Å². The Bertz CT molecular complexity index is 978.